The van der Waals surface area contributed by atoms with Crippen LogP contribution < -0.4 is 0 Å². The Kier molecular flexibility index (Phi) is 4.31. The van der Waals surface area contributed by atoms with Gasteiger partial charge in [0.2, 0.25) is 3.42 Å². The maximum Gasteiger partial charge on any atom is 0.418 e. The van der Waals surface area contributed by atoms with E-state index in [1.807, 2.05) is 21.5 Å². The Labute approximate surface area is 131 Å². The summed E-state index contributed by atoms with van der Waals surface area (Å²) >= 11 is 25.5. The third-order valence-corrected chi connectivity index (χ3v) is 11.6. The molecule has 106 valence electrons. The lowest BCUT2D eigenvalue weighted by Gasteiger charge is -2.51. The second-order valence-electron chi connectivity index (χ2n) is 6.46. The molecule has 0 saturated heterocycles. The summed E-state index contributed by atoms with van der Waals surface area (Å²) in [5.74, 6) is 0. The van der Waals surface area contributed by atoms with Crippen molar-refractivity contribution in [3.63, 3.8) is 0 Å². The van der Waals surface area contributed by atoms with Crippen molar-refractivity contribution in [2.75, 3.05) is 0 Å². The van der Waals surface area contributed by atoms with E-state index in [0.717, 1.165) is 0 Å². The van der Waals surface area contributed by atoms with Crippen molar-refractivity contribution in [3.05, 3.63) is 12.4 Å². The minimum absolute atomic E-state index is 0.200. The Bertz CT molecular complexity index is 328. The van der Waals surface area contributed by atoms with Gasteiger partial charge in [0.15, 0.2) is 0 Å². The second kappa shape index (κ2) is 4.63. The van der Waals surface area contributed by atoms with E-state index in [2.05, 4.69) is 41.5 Å². The van der Waals surface area contributed by atoms with Crippen molar-refractivity contribution >= 4 is 53.6 Å². The highest BCUT2D eigenvalue weighted by atomic mass is 35.6. The molecule has 1 aliphatic heterocycles. The monoisotopic (exact) mass is 348 g/mol. The van der Waals surface area contributed by atoms with Gasteiger partial charge in [-0.05, 0) is 41.5 Å². The maximum absolute atomic E-state index is 6.88. The van der Waals surface area contributed by atoms with Gasteiger partial charge < -0.3 is 9.13 Å². The van der Waals surface area contributed by atoms with Crippen LogP contribution in [0.3, 0.4) is 0 Å². The normalized spacial score (nSPS) is 20.8. The Hall–Kier alpha value is 0.717. The predicted octanol–water partition coefficient (Wildman–Crippen LogP) is 4.76. The van der Waals surface area contributed by atoms with Gasteiger partial charge in [-0.25, -0.2) is 0 Å². The van der Waals surface area contributed by atoms with E-state index >= 15 is 0 Å². The second-order valence-corrected chi connectivity index (χ2v) is 14.2. The quantitative estimate of drug-likeness (QED) is 0.353. The molecule has 0 bridgehead atoms. The molecule has 0 fully saturated rings. The first-order valence-electron chi connectivity index (χ1n) is 5.75. The molecule has 0 N–H and O–H groups in total. The van der Waals surface area contributed by atoms with E-state index in [-0.39, 0.29) is 11.1 Å². The van der Waals surface area contributed by atoms with Crippen molar-refractivity contribution in [2.24, 2.45) is 0 Å². The molecule has 1 heterocycles. The Morgan fingerprint density at radius 3 is 1.22 bits per heavy atom. The molecule has 0 spiro atoms. The zero-order valence-corrected chi connectivity index (χ0v) is 15.6. The molecule has 1 rings (SSSR count). The fourth-order valence-corrected chi connectivity index (χ4v) is 8.64. The molecule has 0 radical (unpaired) electrons. The summed E-state index contributed by atoms with van der Waals surface area (Å²) in [6, 6.07) is 0. The first-order valence-corrected chi connectivity index (χ1v) is 9.79. The van der Waals surface area contributed by atoms with E-state index in [0.29, 0.717) is 0 Å². The summed E-state index contributed by atoms with van der Waals surface area (Å²) < 4.78 is 2.51. The van der Waals surface area contributed by atoms with Crippen LogP contribution in [-0.4, -0.2) is 31.3 Å². The molecule has 0 unspecified atom stereocenters. The van der Waals surface area contributed by atoms with Gasteiger partial charge in [0.1, 0.15) is 0 Å². The van der Waals surface area contributed by atoms with Crippen molar-refractivity contribution in [2.45, 2.75) is 56.0 Å². The van der Waals surface area contributed by atoms with E-state index < -0.39 is 11.1 Å². The highest BCUT2D eigenvalue weighted by Crippen LogP contribution is 2.50. The molecule has 1 aliphatic rings. The summed E-state index contributed by atoms with van der Waals surface area (Å²) in [4.78, 5) is 0. The van der Waals surface area contributed by atoms with Gasteiger partial charge in [0.05, 0.1) is 0 Å². The number of nitrogens with zero attached hydrogens (tertiary/aromatic N) is 2. The molecule has 0 aromatic rings. The van der Waals surface area contributed by atoms with Crippen LogP contribution in [0.15, 0.2) is 12.4 Å². The van der Waals surface area contributed by atoms with Gasteiger partial charge in [-0.15, -0.1) is 11.1 Å². The SMILES string of the molecule is CC(C)(C)N1C=CN(C(C)(C)C)[Si]1(Cl)C(Cl)(Cl)Cl. The largest absolute Gasteiger partial charge is 0.418 e. The van der Waals surface area contributed by atoms with Crippen molar-refractivity contribution < 1.29 is 0 Å². The lowest BCUT2D eigenvalue weighted by molar-refractivity contribution is 0.273. The van der Waals surface area contributed by atoms with E-state index in [9.17, 15) is 0 Å². The van der Waals surface area contributed by atoms with Crippen molar-refractivity contribution in [1.82, 2.24) is 9.13 Å². The van der Waals surface area contributed by atoms with Crippen LogP contribution in [0.2, 0.25) is 0 Å². The molecular formula is C11H20Cl4N2Si. The lowest BCUT2D eigenvalue weighted by Crippen LogP contribution is -2.70. The van der Waals surface area contributed by atoms with Crippen LogP contribution in [0.5, 0.6) is 0 Å². The lowest BCUT2D eigenvalue weighted by atomic mass is 10.1. The predicted molar refractivity (Wildman–Crippen MR) is 84.2 cm³/mol. The molecule has 0 aromatic carbocycles. The summed E-state index contributed by atoms with van der Waals surface area (Å²) in [7, 11) is -2.99. The topological polar surface area (TPSA) is 6.48 Å². The summed E-state index contributed by atoms with van der Waals surface area (Å²) in [5, 5.41) is 0. The first-order chi connectivity index (χ1) is 7.72. The van der Waals surface area contributed by atoms with Gasteiger partial charge in [-0.1, -0.05) is 34.8 Å². The number of rotatable bonds is 0. The molecule has 7 heteroatoms. The van der Waals surface area contributed by atoms with Crippen LogP contribution in [0, 0.1) is 0 Å². The van der Waals surface area contributed by atoms with Crippen molar-refractivity contribution in [1.29, 1.82) is 0 Å². The third kappa shape index (κ3) is 2.75. The van der Waals surface area contributed by atoms with E-state index in [1.165, 1.54) is 0 Å². The van der Waals surface area contributed by atoms with Crippen LogP contribution in [0.25, 0.3) is 0 Å². The molecule has 0 atom stereocenters. The highest BCUT2D eigenvalue weighted by molar-refractivity contribution is 7.28. The highest BCUT2D eigenvalue weighted by Gasteiger charge is 2.65. The molecule has 0 aliphatic carbocycles. The fourth-order valence-electron chi connectivity index (χ4n) is 2.06. The van der Waals surface area contributed by atoms with E-state index in [4.69, 9.17) is 45.9 Å². The van der Waals surface area contributed by atoms with Gasteiger partial charge >= 0.3 is 7.71 Å². The minimum atomic E-state index is -2.99. The number of hydrogen-bond acceptors (Lipinski definition) is 2. The summed E-state index contributed by atoms with van der Waals surface area (Å²) in [6.07, 6.45) is 3.87. The van der Waals surface area contributed by atoms with Crippen LogP contribution in [0.1, 0.15) is 41.5 Å². The van der Waals surface area contributed by atoms with Gasteiger partial charge in [-0.3, -0.25) is 0 Å². The van der Waals surface area contributed by atoms with Crippen molar-refractivity contribution in [3.8, 4) is 0 Å². The Morgan fingerprint density at radius 2 is 1.06 bits per heavy atom. The number of halogens is 4. The molecule has 0 aromatic heterocycles. The fraction of sp³-hybridized carbons (Fsp3) is 0.818. The molecule has 18 heavy (non-hydrogen) atoms. The zero-order valence-electron chi connectivity index (χ0n) is 11.6. The molecule has 0 saturated carbocycles. The van der Waals surface area contributed by atoms with Crippen LogP contribution in [0.4, 0.5) is 0 Å². The van der Waals surface area contributed by atoms with E-state index in [1.54, 1.807) is 0 Å². The zero-order chi connectivity index (χ0) is 14.6. The molecular weight excluding hydrogens is 330 g/mol. The summed E-state index contributed by atoms with van der Waals surface area (Å²) in [5.41, 5.74) is -0.400. The average molecular weight is 350 g/mol. The Balaban J connectivity index is 3.34. The van der Waals surface area contributed by atoms with Gasteiger partial charge in [0.25, 0.3) is 0 Å². The Morgan fingerprint density at radius 1 is 0.778 bits per heavy atom. The van der Waals surface area contributed by atoms with Gasteiger partial charge in [0, 0.05) is 23.5 Å². The molecule has 0 amide bonds. The van der Waals surface area contributed by atoms with Crippen LogP contribution in [-0.2, 0) is 0 Å². The molecule has 2 nitrogen and oxygen atoms in total. The number of hydrogen-bond donors (Lipinski definition) is 0. The average Bonchev–Trinajstić information content (AvgIpc) is 2.40. The smallest absolute Gasteiger partial charge is 0.367 e. The minimum Gasteiger partial charge on any atom is -0.367 e. The summed E-state index contributed by atoms with van der Waals surface area (Å²) in [6.45, 7) is 12.4. The number of alkyl halides is 3. The van der Waals surface area contributed by atoms with Crippen LogP contribution >= 0.6 is 45.9 Å². The third-order valence-electron chi connectivity index (χ3n) is 2.81. The standard InChI is InChI=1S/C11H20Cl4N2Si/c1-9(2,3)16-7-8-17(10(4,5)6)18(16,15)11(12,13)14/h7-8H,1-6H3. The maximum atomic E-state index is 6.88. The van der Waals surface area contributed by atoms with Gasteiger partial charge in [-0.2, -0.15) is 0 Å². The first kappa shape index (κ1) is 16.8.